The van der Waals surface area contributed by atoms with Crippen LogP contribution in [0.2, 0.25) is 0 Å². The van der Waals surface area contributed by atoms with Crippen molar-refractivity contribution in [3.05, 3.63) is 48.0 Å². The molecule has 3 nitrogen and oxygen atoms in total. The third-order valence-corrected chi connectivity index (χ3v) is 3.33. The zero-order valence-corrected chi connectivity index (χ0v) is 12.6. The van der Waals surface area contributed by atoms with E-state index in [1.807, 2.05) is 36.4 Å². The third-order valence-electron chi connectivity index (χ3n) is 3.33. The minimum atomic E-state index is -0.0433. The third kappa shape index (κ3) is 4.35. The highest BCUT2D eigenvalue weighted by Gasteiger charge is 1.98. The van der Waals surface area contributed by atoms with Crippen molar-refractivity contribution >= 4 is 22.8 Å². The summed E-state index contributed by atoms with van der Waals surface area (Å²) in [6, 6.07) is 12.1. The largest absolute Gasteiger partial charge is 0.497 e. The summed E-state index contributed by atoms with van der Waals surface area (Å²) >= 11 is 0. The Labute approximate surface area is 125 Å². The summed E-state index contributed by atoms with van der Waals surface area (Å²) in [5.41, 5.74) is 1.01. The van der Waals surface area contributed by atoms with E-state index in [4.69, 9.17) is 4.74 Å². The summed E-state index contributed by atoms with van der Waals surface area (Å²) in [4.78, 5) is 11.6. The van der Waals surface area contributed by atoms with Crippen LogP contribution in [-0.4, -0.2) is 19.6 Å². The molecule has 0 aromatic heterocycles. The topological polar surface area (TPSA) is 38.3 Å². The lowest BCUT2D eigenvalue weighted by atomic mass is 10.1. The molecule has 0 aliphatic rings. The van der Waals surface area contributed by atoms with E-state index in [0.717, 1.165) is 41.5 Å². The Kier molecular flexibility index (Phi) is 5.38. The van der Waals surface area contributed by atoms with Gasteiger partial charge >= 0.3 is 0 Å². The fourth-order valence-electron chi connectivity index (χ4n) is 2.09. The molecule has 0 spiro atoms. The molecule has 0 saturated carbocycles. The van der Waals surface area contributed by atoms with Gasteiger partial charge in [-0.3, -0.25) is 4.79 Å². The first-order valence-corrected chi connectivity index (χ1v) is 7.26. The van der Waals surface area contributed by atoms with Crippen molar-refractivity contribution in [1.82, 2.24) is 5.32 Å². The van der Waals surface area contributed by atoms with E-state index in [2.05, 4.69) is 18.3 Å². The summed E-state index contributed by atoms with van der Waals surface area (Å²) in [7, 11) is 1.66. The highest BCUT2D eigenvalue weighted by atomic mass is 16.5. The van der Waals surface area contributed by atoms with Crippen molar-refractivity contribution < 1.29 is 9.53 Å². The Morgan fingerprint density at radius 1 is 1.19 bits per heavy atom. The van der Waals surface area contributed by atoms with E-state index < -0.39 is 0 Å². The number of benzene rings is 2. The second kappa shape index (κ2) is 7.48. The number of carbonyl (C=O) groups is 1. The van der Waals surface area contributed by atoms with Crippen LogP contribution in [0, 0.1) is 0 Å². The lowest BCUT2D eigenvalue weighted by Crippen LogP contribution is -2.21. The van der Waals surface area contributed by atoms with Crippen molar-refractivity contribution in [1.29, 1.82) is 0 Å². The summed E-state index contributed by atoms with van der Waals surface area (Å²) in [6.45, 7) is 2.84. The molecule has 2 aromatic carbocycles. The number of hydrogen-bond donors (Lipinski definition) is 1. The number of fused-ring (bicyclic) bond motifs is 1. The van der Waals surface area contributed by atoms with Crippen LogP contribution in [0.1, 0.15) is 25.3 Å². The van der Waals surface area contributed by atoms with E-state index in [1.54, 1.807) is 13.2 Å². The smallest absolute Gasteiger partial charge is 0.243 e. The fraction of sp³-hybridized carbons (Fsp3) is 0.278. The first kappa shape index (κ1) is 15.1. The zero-order valence-electron chi connectivity index (χ0n) is 12.6. The SMILES string of the molecule is CCCCNC(=O)/C=C/c1ccc2cc(OC)ccc2c1. The fourth-order valence-corrected chi connectivity index (χ4v) is 2.09. The van der Waals surface area contributed by atoms with Crippen LogP contribution >= 0.6 is 0 Å². The maximum absolute atomic E-state index is 11.6. The van der Waals surface area contributed by atoms with Gasteiger partial charge in [0, 0.05) is 12.6 Å². The minimum absolute atomic E-state index is 0.0433. The first-order valence-electron chi connectivity index (χ1n) is 7.26. The minimum Gasteiger partial charge on any atom is -0.497 e. The van der Waals surface area contributed by atoms with E-state index in [1.165, 1.54) is 0 Å². The van der Waals surface area contributed by atoms with Crippen LogP contribution in [0.5, 0.6) is 5.75 Å². The normalized spacial score (nSPS) is 11.0. The van der Waals surface area contributed by atoms with Crippen molar-refractivity contribution in [2.24, 2.45) is 0 Å². The summed E-state index contributed by atoms with van der Waals surface area (Å²) < 4.78 is 5.21. The highest BCUT2D eigenvalue weighted by Crippen LogP contribution is 2.22. The molecule has 3 heteroatoms. The van der Waals surface area contributed by atoms with E-state index in [9.17, 15) is 4.79 Å². The molecule has 0 radical (unpaired) electrons. The summed E-state index contributed by atoms with van der Waals surface area (Å²) in [5.74, 6) is 0.805. The van der Waals surface area contributed by atoms with Gasteiger partial charge in [-0.15, -0.1) is 0 Å². The van der Waals surface area contributed by atoms with Gasteiger partial charge in [0.05, 0.1) is 7.11 Å². The van der Waals surface area contributed by atoms with Crippen molar-refractivity contribution in [2.45, 2.75) is 19.8 Å². The second-order valence-electron chi connectivity index (χ2n) is 4.95. The predicted molar refractivity (Wildman–Crippen MR) is 87.5 cm³/mol. The van der Waals surface area contributed by atoms with Crippen LogP contribution in [0.4, 0.5) is 0 Å². The summed E-state index contributed by atoms with van der Waals surface area (Å²) in [5, 5.41) is 5.12. The monoisotopic (exact) mass is 283 g/mol. The molecule has 2 aromatic rings. The van der Waals surface area contributed by atoms with Gasteiger partial charge in [-0.2, -0.15) is 0 Å². The number of rotatable bonds is 6. The molecule has 2 rings (SSSR count). The number of nitrogens with one attached hydrogen (secondary N) is 1. The maximum atomic E-state index is 11.6. The number of carbonyl (C=O) groups excluding carboxylic acids is 1. The predicted octanol–water partition coefficient (Wildman–Crippen LogP) is 3.78. The molecular weight excluding hydrogens is 262 g/mol. The molecule has 0 unspecified atom stereocenters. The molecule has 1 N–H and O–H groups in total. The van der Waals surface area contributed by atoms with Gasteiger partial charge in [0.2, 0.25) is 5.91 Å². The van der Waals surface area contributed by atoms with Crippen molar-refractivity contribution in [3.8, 4) is 5.75 Å². The molecule has 0 aliphatic heterocycles. The molecular formula is C18H21NO2. The molecule has 0 aliphatic carbocycles. The lowest BCUT2D eigenvalue weighted by molar-refractivity contribution is -0.116. The van der Waals surface area contributed by atoms with Crippen molar-refractivity contribution in [3.63, 3.8) is 0 Å². The molecule has 0 atom stereocenters. The standard InChI is InChI=1S/C18H21NO2/c1-3-4-11-19-18(20)10-6-14-5-7-16-13-17(21-2)9-8-15(16)12-14/h5-10,12-13H,3-4,11H2,1-2H3,(H,19,20)/b10-6+. The van der Waals surface area contributed by atoms with Crippen LogP contribution < -0.4 is 10.1 Å². The van der Waals surface area contributed by atoms with Crippen molar-refractivity contribution in [2.75, 3.05) is 13.7 Å². The number of methoxy groups -OCH3 is 1. The van der Waals surface area contributed by atoms with Crippen LogP contribution in [0.3, 0.4) is 0 Å². The number of hydrogen-bond acceptors (Lipinski definition) is 2. The Bertz CT molecular complexity index is 647. The Morgan fingerprint density at radius 3 is 2.71 bits per heavy atom. The van der Waals surface area contributed by atoms with E-state index >= 15 is 0 Å². The first-order chi connectivity index (χ1) is 10.2. The number of unbranched alkanes of at least 4 members (excludes halogenated alkanes) is 1. The average molecular weight is 283 g/mol. The highest BCUT2D eigenvalue weighted by molar-refractivity contribution is 5.93. The van der Waals surface area contributed by atoms with E-state index in [0.29, 0.717) is 0 Å². The average Bonchev–Trinajstić information content (AvgIpc) is 2.52. The molecule has 0 bridgehead atoms. The molecule has 110 valence electrons. The van der Waals surface area contributed by atoms with E-state index in [-0.39, 0.29) is 5.91 Å². The Morgan fingerprint density at radius 2 is 1.95 bits per heavy atom. The molecule has 1 amide bonds. The quantitative estimate of drug-likeness (QED) is 0.647. The van der Waals surface area contributed by atoms with Gasteiger partial charge in [-0.05, 0) is 47.0 Å². The van der Waals surface area contributed by atoms with Gasteiger partial charge < -0.3 is 10.1 Å². The second-order valence-corrected chi connectivity index (χ2v) is 4.95. The Balaban J connectivity index is 2.07. The van der Waals surface area contributed by atoms with Gasteiger partial charge in [-0.1, -0.05) is 31.5 Å². The van der Waals surface area contributed by atoms with Gasteiger partial charge in [0.1, 0.15) is 5.75 Å². The van der Waals surface area contributed by atoms with Gasteiger partial charge in [-0.25, -0.2) is 0 Å². The molecule has 0 saturated heterocycles. The number of ether oxygens (including phenoxy) is 1. The lowest BCUT2D eigenvalue weighted by Gasteiger charge is -2.03. The molecule has 0 heterocycles. The number of amides is 1. The van der Waals surface area contributed by atoms with Crippen LogP contribution in [-0.2, 0) is 4.79 Å². The summed E-state index contributed by atoms with van der Waals surface area (Å²) in [6.07, 6.45) is 5.51. The van der Waals surface area contributed by atoms with Crippen LogP contribution in [0.15, 0.2) is 42.5 Å². The zero-order chi connectivity index (χ0) is 15.1. The van der Waals surface area contributed by atoms with Gasteiger partial charge in [0.25, 0.3) is 0 Å². The molecule has 21 heavy (non-hydrogen) atoms. The van der Waals surface area contributed by atoms with Gasteiger partial charge in [0.15, 0.2) is 0 Å². The molecule has 0 fully saturated rings. The Hall–Kier alpha value is -2.29. The van der Waals surface area contributed by atoms with Crippen LogP contribution in [0.25, 0.3) is 16.8 Å². The maximum Gasteiger partial charge on any atom is 0.243 e.